The fourth-order valence-corrected chi connectivity index (χ4v) is 4.10. The molecule has 182 valence electrons. The zero-order chi connectivity index (χ0) is 24.7. The van der Waals surface area contributed by atoms with E-state index in [4.69, 9.17) is 9.47 Å². The molecule has 1 aromatic heterocycles. The first-order valence-electron chi connectivity index (χ1n) is 10.3. The van der Waals surface area contributed by atoms with Crippen LogP contribution >= 0.6 is 0 Å². The van der Waals surface area contributed by atoms with Gasteiger partial charge in [-0.15, -0.1) is 0 Å². The molecule has 0 unspecified atom stereocenters. The van der Waals surface area contributed by atoms with Crippen LogP contribution in [0.15, 0.2) is 42.5 Å². The third-order valence-electron chi connectivity index (χ3n) is 5.24. The van der Waals surface area contributed by atoms with Gasteiger partial charge in [-0.2, -0.15) is 4.57 Å². The van der Waals surface area contributed by atoms with Gasteiger partial charge in [0.15, 0.2) is 23.7 Å². The Bertz CT molecular complexity index is 1180. The van der Waals surface area contributed by atoms with Gasteiger partial charge in [-0.25, -0.2) is 0 Å². The number of rotatable bonds is 4. The minimum absolute atomic E-state index is 0.625. The Balaban J connectivity index is 0.000000383. The Labute approximate surface area is 190 Å². The predicted octanol–water partition coefficient (Wildman–Crippen LogP) is 6.71. The van der Waals surface area contributed by atoms with Crippen LogP contribution in [0.25, 0.3) is 22.0 Å². The summed E-state index contributed by atoms with van der Waals surface area (Å²) < 4.78 is 73.2. The topological polar surface area (TPSA) is 22.3 Å². The second-order valence-electron chi connectivity index (χ2n) is 8.39. The molecule has 1 aliphatic rings. The monoisotopic (exact) mass is 583 g/mol. The van der Waals surface area contributed by atoms with E-state index in [1.165, 1.54) is 33.3 Å². The molecule has 0 radical (unpaired) electrons. The van der Waals surface area contributed by atoms with Crippen LogP contribution in [-0.2, 0) is 19.4 Å². The van der Waals surface area contributed by atoms with Crippen molar-refractivity contribution < 1.29 is 30.9 Å². The van der Waals surface area contributed by atoms with Crippen LogP contribution < -0.4 is 14.0 Å². The standard InChI is InChI=1S/C23H26NO2.6FH.Sb/c1-15(2)11-18-12-16-7-5-6-8-19(16)23-20-14-22(26-4)21(25-3)13-17(20)9-10-24(18)23;;;;;;;/h5-8,12-15H,9-11H2,1-4H3;6*1H;/q+1;;;;;;;+5/p-6. The van der Waals surface area contributed by atoms with Gasteiger partial charge < -0.3 is 9.47 Å². The van der Waals surface area contributed by atoms with Crippen molar-refractivity contribution >= 4 is 30.2 Å². The van der Waals surface area contributed by atoms with Crippen molar-refractivity contribution in [3.05, 3.63) is 53.7 Å². The first-order chi connectivity index (χ1) is 15.1. The molecule has 2 heterocycles. The number of pyridine rings is 1. The fraction of sp³-hybridized carbons (Fsp3) is 0.348. The molecule has 10 heteroatoms. The number of aryl methyl sites for hydroxylation is 1. The summed E-state index contributed by atoms with van der Waals surface area (Å²) in [5.41, 5.74) is 5.31. The number of ether oxygens (including phenoxy) is 2. The molecule has 0 spiro atoms. The van der Waals surface area contributed by atoms with Crippen LogP contribution in [0.3, 0.4) is 0 Å². The number of benzene rings is 2. The minimum atomic E-state index is -11.2. The van der Waals surface area contributed by atoms with E-state index in [0.717, 1.165) is 30.9 Å². The van der Waals surface area contributed by atoms with Crippen molar-refractivity contribution in [3.8, 4) is 22.8 Å². The van der Waals surface area contributed by atoms with Gasteiger partial charge in [0.1, 0.15) is 0 Å². The van der Waals surface area contributed by atoms with E-state index in [2.05, 4.69) is 60.9 Å². The Hall–Kier alpha value is -2.15. The molecule has 33 heavy (non-hydrogen) atoms. The Morgan fingerprint density at radius 3 is 2.06 bits per heavy atom. The molecule has 4 rings (SSSR count). The number of methoxy groups -OCH3 is 2. The first kappa shape index (κ1) is 25.5. The summed E-state index contributed by atoms with van der Waals surface area (Å²) in [6.07, 6.45) is 2.09. The SMILES string of the molecule is COc1cc2c(cc1OC)-c1c3ccccc3cc(CC(C)C)[n+]1CC2.[F][Sb-]([F])([F])([F])([F])[F]. The zero-order valence-electron chi connectivity index (χ0n) is 18.7. The average molecular weight is 584 g/mol. The quantitative estimate of drug-likeness (QED) is 0.194. The van der Waals surface area contributed by atoms with Gasteiger partial charge in [-0.3, -0.25) is 0 Å². The van der Waals surface area contributed by atoms with Crippen molar-refractivity contribution in [1.29, 1.82) is 0 Å². The van der Waals surface area contributed by atoms with Crippen LogP contribution in [-0.4, -0.2) is 33.7 Å². The van der Waals surface area contributed by atoms with Crippen molar-refractivity contribution in [3.63, 3.8) is 0 Å². The van der Waals surface area contributed by atoms with Crippen molar-refractivity contribution in [1.82, 2.24) is 0 Å². The maximum absolute atomic E-state index is 11.2. The summed E-state index contributed by atoms with van der Waals surface area (Å²) in [4.78, 5) is 0. The van der Waals surface area contributed by atoms with Crippen LogP contribution in [0.5, 0.6) is 11.5 Å². The fourth-order valence-electron chi connectivity index (χ4n) is 4.10. The van der Waals surface area contributed by atoms with E-state index < -0.39 is 19.5 Å². The van der Waals surface area contributed by atoms with Crippen LogP contribution in [0.2, 0.25) is 0 Å². The van der Waals surface area contributed by atoms with Crippen LogP contribution in [0.1, 0.15) is 25.1 Å². The molecule has 0 aliphatic carbocycles. The second kappa shape index (κ2) is 8.26. The van der Waals surface area contributed by atoms with Gasteiger partial charge in [-0.05, 0) is 35.1 Å². The molecule has 0 saturated heterocycles. The molecular formula is C23H26F6NO2Sb. The first-order valence-corrected chi connectivity index (χ1v) is 16.1. The summed E-state index contributed by atoms with van der Waals surface area (Å²) in [5.74, 6) is 2.22. The summed E-state index contributed by atoms with van der Waals surface area (Å²) in [7, 11) is 3.40. The summed E-state index contributed by atoms with van der Waals surface area (Å²) in [6.45, 7) is 5.57. The van der Waals surface area contributed by atoms with Crippen molar-refractivity contribution in [2.75, 3.05) is 14.2 Å². The Kier molecular flexibility index (Phi) is 6.37. The van der Waals surface area contributed by atoms with E-state index in [0.29, 0.717) is 5.92 Å². The van der Waals surface area contributed by atoms with Gasteiger partial charge in [0.25, 0.3) is 0 Å². The molecule has 0 fully saturated rings. The zero-order valence-corrected chi connectivity index (χ0v) is 21.3. The van der Waals surface area contributed by atoms with Crippen molar-refractivity contribution in [2.24, 2.45) is 5.92 Å². The van der Waals surface area contributed by atoms with Crippen LogP contribution in [0.4, 0.5) is 16.9 Å². The molecule has 0 N–H and O–H groups in total. The second-order valence-corrected chi connectivity index (χ2v) is 13.9. The Morgan fingerprint density at radius 2 is 1.48 bits per heavy atom. The summed E-state index contributed by atoms with van der Waals surface area (Å²) in [5, 5.41) is 2.60. The number of halogens is 6. The molecule has 0 amide bonds. The number of nitrogens with zero attached hydrogens (tertiary/aromatic N) is 1. The molecule has 0 bridgehead atoms. The maximum atomic E-state index is 9.93. The summed E-state index contributed by atoms with van der Waals surface area (Å²) >= 11 is -11.2. The molecule has 3 nitrogen and oxygen atoms in total. The van der Waals surface area contributed by atoms with E-state index in [1.54, 1.807) is 14.2 Å². The third kappa shape index (κ3) is 6.92. The molecule has 0 atom stereocenters. The van der Waals surface area contributed by atoms with Gasteiger partial charge in [0, 0.05) is 18.9 Å². The average Bonchev–Trinajstić information content (AvgIpc) is 2.69. The molecule has 2 aromatic carbocycles. The van der Waals surface area contributed by atoms with Gasteiger partial charge in [0.05, 0.1) is 25.2 Å². The normalized spacial score (nSPS) is 15.0. The number of fused-ring (bicyclic) bond motifs is 5. The molecule has 3 aromatic rings. The van der Waals surface area contributed by atoms with E-state index in [1.807, 2.05) is 0 Å². The summed E-state index contributed by atoms with van der Waals surface area (Å²) in [6, 6.07) is 15.3. The molecule has 1 aliphatic heterocycles. The van der Waals surface area contributed by atoms with Crippen molar-refractivity contribution in [2.45, 2.75) is 33.2 Å². The number of hydrogen-bond acceptors (Lipinski definition) is 2. The van der Waals surface area contributed by atoms with Gasteiger partial charge in [-0.1, -0.05) is 32.0 Å². The van der Waals surface area contributed by atoms with Gasteiger partial charge >= 0.3 is 36.4 Å². The Morgan fingerprint density at radius 1 is 0.909 bits per heavy atom. The van der Waals surface area contributed by atoms with E-state index in [9.17, 15) is 16.9 Å². The molecular weight excluding hydrogens is 558 g/mol. The predicted molar refractivity (Wildman–Crippen MR) is 117 cm³/mol. The number of aromatic nitrogens is 1. The van der Waals surface area contributed by atoms with E-state index >= 15 is 0 Å². The van der Waals surface area contributed by atoms with Crippen LogP contribution in [0, 0.1) is 5.92 Å². The van der Waals surface area contributed by atoms with Gasteiger partial charge in [0.2, 0.25) is 5.69 Å². The number of hydrogen-bond donors (Lipinski definition) is 0. The van der Waals surface area contributed by atoms with E-state index in [-0.39, 0.29) is 0 Å². The third-order valence-corrected chi connectivity index (χ3v) is 5.24. The molecule has 0 saturated carbocycles.